The first-order valence-corrected chi connectivity index (χ1v) is 6.97. The van der Waals surface area contributed by atoms with Crippen molar-refractivity contribution in [2.24, 2.45) is 10.8 Å². The third-order valence-electron chi connectivity index (χ3n) is 4.92. The Balaban J connectivity index is 1.96. The third-order valence-corrected chi connectivity index (χ3v) is 4.92. The van der Waals surface area contributed by atoms with E-state index in [4.69, 9.17) is 0 Å². The van der Waals surface area contributed by atoms with Crippen molar-refractivity contribution in [1.82, 2.24) is 10.6 Å². The van der Waals surface area contributed by atoms with Crippen molar-refractivity contribution in [3.05, 3.63) is 0 Å². The fourth-order valence-electron chi connectivity index (χ4n) is 3.06. The molecule has 2 fully saturated rings. The normalized spacial score (nSPS) is 37.7. The van der Waals surface area contributed by atoms with Crippen molar-refractivity contribution in [1.29, 1.82) is 0 Å². The van der Waals surface area contributed by atoms with Gasteiger partial charge in [0.1, 0.15) is 0 Å². The van der Waals surface area contributed by atoms with E-state index in [0.717, 1.165) is 19.4 Å². The predicted octanol–water partition coefficient (Wildman–Crippen LogP) is 1.04. The maximum atomic E-state index is 12.4. The van der Waals surface area contributed by atoms with Crippen LogP contribution in [-0.4, -0.2) is 35.7 Å². The molecule has 1 aliphatic heterocycles. The monoisotopic (exact) mass is 254 g/mol. The van der Waals surface area contributed by atoms with Gasteiger partial charge >= 0.3 is 0 Å². The molecular weight excluding hydrogens is 228 g/mol. The summed E-state index contributed by atoms with van der Waals surface area (Å²) in [5.41, 5.74) is -0.191. The standard InChI is InChI=1S/C14H26N2O2/c1-13(2)6-5-7-15-11(13)12(18)16-9-8-10(17)14(9,3)4/h9-11,15,17H,5-8H2,1-4H3,(H,16,18). The summed E-state index contributed by atoms with van der Waals surface area (Å²) in [6, 6.07) is -0.0145. The second kappa shape index (κ2) is 4.49. The van der Waals surface area contributed by atoms with Crippen LogP contribution in [0.1, 0.15) is 47.0 Å². The average Bonchev–Trinajstić information content (AvgIpc) is 2.27. The van der Waals surface area contributed by atoms with Crippen LogP contribution >= 0.6 is 0 Å². The molecule has 4 nitrogen and oxygen atoms in total. The van der Waals surface area contributed by atoms with Crippen LogP contribution in [0.5, 0.6) is 0 Å². The highest BCUT2D eigenvalue weighted by Crippen LogP contribution is 2.40. The number of carbonyl (C=O) groups excluding carboxylic acids is 1. The number of piperidine rings is 1. The van der Waals surface area contributed by atoms with Gasteiger partial charge in [-0.05, 0) is 31.2 Å². The van der Waals surface area contributed by atoms with Crippen molar-refractivity contribution < 1.29 is 9.90 Å². The molecule has 1 saturated heterocycles. The van der Waals surface area contributed by atoms with Gasteiger partial charge in [0.25, 0.3) is 0 Å². The predicted molar refractivity (Wildman–Crippen MR) is 71.1 cm³/mol. The molecule has 3 N–H and O–H groups in total. The zero-order chi connectivity index (χ0) is 13.6. The lowest BCUT2D eigenvalue weighted by Crippen LogP contribution is -2.65. The van der Waals surface area contributed by atoms with E-state index in [2.05, 4.69) is 24.5 Å². The van der Waals surface area contributed by atoms with E-state index in [9.17, 15) is 9.90 Å². The minimum atomic E-state index is -0.296. The fourth-order valence-corrected chi connectivity index (χ4v) is 3.06. The van der Waals surface area contributed by atoms with Crippen LogP contribution in [0, 0.1) is 10.8 Å². The molecule has 1 saturated carbocycles. The van der Waals surface area contributed by atoms with Gasteiger partial charge in [-0.1, -0.05) is 27.7 Å². The summed E-state index contributed by atoms with van der Waals surface area (Å²) in [6.45, 7) is 9.21. The first-order chi connectivity index (χ1) is 8.25. The highest BCUT2D eigenvalue weighted by Gasteiger charge is 2.49. The lowest BCUT2D eigenvalue weighted by molar-refractivity contribution is -0.134. The Bertz CT molecular complexity index is 339. The van der Waals surface area contributed by atoms with Gasteiger partial charge in [-0.25, -0.2) is 0 Å². The van der Waals surface area contributed by atoms with Gasteiger partial charge in [-0.2, -0.15) is 0 Å². The molecule has 0 aromatic heterocycles. The van der Waals surface area contributed by atoms with E-state index < -0.39 is 0 Å². The molecule has 0 radical (unpaired) electrons. The number of hydrogen-bond acceptors (Lipinski definition) is 3. The second-order valence-electron chi connectivity index (χ2n) is 7.11. The first-order valence-electron chi connectivity index (χ1n) is 6.97. The lowest BCUT2D eigenvalue weighted by atomic mass is 9.64. The van der Waals surface area contributed by atoms with Crippen LogP contribution in [0.15, 0.2) is 0 Å². The summed E-state index contributed by atoms with van der Waals surface area (Å²) in [5.74, 6) is 0.0877. The van der Waals surface area contributed by atoms with Crippen molar-refractivity contribution in [2.45, 2.75) is 65.1 Å². The van der Waals surface area contributed by atoms with Crippen molar-refractivity contribution in [2.75, 3.05) is 6.54 Å². The third kappa shape index (κ3) is 2.28. The molecule has 104 valence electrons. The van der Waals surface area contributed by atoms with Gasteiger partial charge in [-0.15, -0.1) is 0 Å². The fraction of sp³-hybridized carbons (Fsp3) is 0.929. The van der Waals surface area contributed by atoms with Gasteiger partial charge in [0, 0.05) is 11.5 Å². The minimum absolute atomic E-state index is 0.00877. The van der Waals surface area contributed by atoms with Crippen LogP contribution in [0.2, 0.25) is 0 Å². The molecule has 1 aliphatic carbocycles. The molecule has 1 amide bonds. The number of carbonyl (C=O) groups is 1. The molecule has 4 heteroatoms. The SMILES string of the molecule is CC1(C)CCCNC1C(=O)NC1CC(O)C1(C)C. The van der Waals surface area contributed by atoms with E-state index in [1.165, 1.54) is 0 Å². The molecule has 0 bridgehead atoms. The molecule has 0 aromatic rings. The van der Waals surface area contributed by atoms with Gasteiger partial charge in [0.05, 0.1) is 12.1 Å². The van der Waals surface area contributed by atoms with Crippen LogP contribution in [0.25, 0.3) is 0 Å². The maximum Gasteiger partial charge on any atom is 0.237 e. The Morgan fingerprint density at radius 1 is 1.33 bits per heavy atom. The van der Waals surface area contributed by atoms with Crippen LogP contribution in [0.4, 0.5) is 0 Å². The van der Waals surface area contributed by atoms with Crippen molar-refractivity contribution >= 4 is 5.91 Å². The molecule has 0 aromatic carbocycles. The summed E-state index contributed by atoms with van der Waals surface area (Å²) in [6.07, 6.45) is 2.58. The zero-order valence-corrected chi connectivity index (χ0v) is 11.9. The number of rotatable bonds is 2. The topological polar surface area (TPSA) is 61.4 Å². The lowest BCUT2D eigenvalue weighted by Gasteiger charge is -2.50. The highest BCUT2D eigenvalue weighted by atomic mass is 16.3. The van der Waals surface area contributed by atoms with Crippen LogP contribution < -0.4 is 10.6 Å². The Kier molecular flexibility index (Phi) is 3.45. The van der Waals surface area contributed by atoms with E-state index in [0.29, 0.717) is 6.42 Å². The second-order valence-corrected chi connectivity index (χ2v) is 7.11. The van der Waals surface area contributed by atoms with Gasteiger partial charge < -0.3 is 15.7 Å². The Hall–Kier alpha value is -0.610. The van der Waals surface area contributed by atoms with E-state index in [1.807, 2.05) is 13.8 Å². The summed E-state index contributed by atoms with van der Waals surface area (Å²) in [7, 11) is 0. The molecule has 3 atom stereocenters. The maximum absolute atomic E-state index is 12.4. The van der Waals surface area contributed by atoms with Crippen molar-refractivity contribution in [3.8, 4) is 0 Å². The number of amides is 1. The molecule has 2 aliphatic rings. The molecule has 1 heterocycles. The quantitative estimate of drug-likeness (QED) is 0.690. The Morgan fingerprint density at radius 2 is 2.00 bits per heavy atom. The summed E-state index contributed by atoms with van der Waals surface area (Å²) in [5, 5.41) is 16.1. The number of aliphatic hydroxyl groups excluding tert-OH is 1. The number of nitrogens with one attached hydrogen (secondary N) is 2. The largest absolute Gasteiger partial charge is 0.392 e. The van der Waals surface area contributed by atoms with Gasteiger partial charge in [-0.3, -0.25) is 4.79 Å². The molecule has 3 unspecified atom stereocenters. The van der Waals surface area contributed by atoms with Gasteiger partial charge in [0.2, 0.25) is 5.91 Å². The summed E-state index contributed by atoms with van der Waals surface area (Å²) >= 11 is 0. The number of hydrogen-bond donors (Lipinski definition) is 3. The highest BCUT2D eigenvalue weighted by molar-refractivity contribution is 5.83. The molecule has 0 spiro atoms. The molecule has 18 heavy (non-hydrogen) atoms. The van der Waals surface area contributed by atoms with Crippen molar-refractivity contribution in [3.63, 3.8) is 0 Å². The van der Waals surface area contributed by atoms with E-state index in [1.54, 1.807) is 0 Å². The van der Waals surface area contributed by atoms with E-state index >= 15 is 0 Å². The summed E-state index contributed by atoms with van der Waals surface area (Å²) in [4.78, 5) is 12.4. The number of aliphatic hydroxyl groups is 1. The average molecular weight is 254 g/mol. The molecular formula is C14H26N2O2. The van der Waals surface area contributed by atoms with Crippen LogP contribution in [-0.2, 0) is 4.79 Å². The summed E-state index contributed by atoms with van der Waals surface area (Å²) < 4.78 is 0. The zero-order valence-electron chi connectivity index (χ0n) is 11.9. The van der Waals surface area contributed by atoms with Gasteiger partial charge in [0.15, 0.2) is 0 Å². The first kappa shape index (κ1) is 13.8. The smallest absolute Gasteiger partial charge is 0.237 e. The Labute approximate surface area is 110 Å². The van der Waals surface area contributed by atoms with Crippen LogP contribution in [0.3, 0.4) is 0 Å². The molecule has 2 rings (SSSR count). The minimum Gasteiger partial charge on any atom is -0.392 e. The van der Waals surface area contributed by atoms with E-state index in [-0.39, 0.29) is 34.9 Å². The Morgan fingerprint density at radius 3 is 2.50 bits per heavy atom.